The highest BCUT2D eigenvalue weighted by molar-refractivity contribution is 5.23. The number of nitrogens with zero attached hydrogens (tertiary/aromatic N) is 2. The molecule has 1 aliphatic carbocycles. The molecule has 0 bridgehead atoms. The van der Waals surface area contributed by atoms with Gasteiger partial charge in [0.15, 0.2) is 5.60 Å². The fraction of sp³-hybridized carbons (Fsp3) is 0.750. The first-order valence-electron chi connectivity index (χ1n) is 4.94. The van der Waals surface area contributed by atoms with E-state index >= 15 is 0 Å². The van der Waals surface area contributed by atoms with Gasteiger partial charge in [-0.2, -0.15) is 9.59 Å². The van der Waals surface area contributed by atoms with Crippen LogP contribution in [0.2, 0.25) is 0 Å². The molecule has 0 saturated carbocycles. The van der Waals surface area contributed by atoms with E-state index in [2.05, 4.69) is 5.10 Å². The molecule has 2 aliphatic rings. The molecule has 7 heteroatoms. The van der Waals surface area contributed by atoms with E-state index in [0.29, 0.717) is 31.5 Å². The molecule has 0 aromatic carbocycles. The minimum absolute atomic E-state index is 0.241. The summed E-state index contributed by atoms with van der Waals surface area (Å²) in [6.45, 7) is 0.389. The van der Waals surface area contributed by atoms with Crippen LogP contribution < -0.4 is 4.71 Å². The number of fused-ring (bicyclic) bond motifs is 3. The Morgan fingerprint density at radius 1 is 1.67 bits per heavy atom. The summed E-state index contributed by atoms with van der Waals surface area (Å²) >= 11 is 0. The Kier molecular flexibility index (Phi) is 1.63. The van der Waals surface area contributed by atoms with Crippen molar-refractivity contribution in [1.82, 2.24) is 10.2 Å². The van der Waals surface area contributed by atoms with Crippen molar-refractivity contribution < 1.29 is 19.6 Å². The zero-order chi connectivity index (χ0) is 10.6. The van der Waals surface area contributed by atoms with E-state index < -0.39 is 5.60 Å². The van der Waals surface area contributed by atoms with E-state index in [9.17, 15) is 15.2 Å². The van der Waals surface area contributed by atoms with Gasteiger partial charge in [-0.3, -0.25) is 0 Å². The topological polar surface area (TPSA) is 95.6 Å². The molecule has 0 unspecified atom stereocenters. The first kappa shape index (κ1) is 9.08. The number of hydroxylamine groups is 2. The van der Waals surface area contributed by atoms with Crippen LogP contribution in [0.5, 0.6) is 0 Å². The van der Waals surface area contributed by atoms with Gasteiger partial charge >= 0.3 is 4.71 Å². The van der Waals surface area contributed by atoms with Crippen molar-refractivity contribution in [3.05, 3.63) is 16.4 Å². The van der Waals surface area contributed by atoms with Gasteiger partial charge in [0.05, 0.1) is 6.04 Å². The molecule has 1 aromatic rings. The fourth-order valence-corrected chi connectivity index (χ4v) is 2.62. The number of hydrogen-bond donors (Lipinski definition) is 3. The van der Waals surface area contributed by atoms with Crippen LogP contribution in [0, 0.1) is 4.91 Å². The monoisotopic (exact) mass is 214 g/mol. The number of aliphatic hydroxyl groups is 1. The zero-order valence-electron chi connectivity index (χ0n) is 8.01. The van der Waals surface area contributed by atoms with Crippen molar-refractivity contribution >= 4 is 0 Å². The first-order chi connectivity index (χ1) is 7.11. The van der Waals surface area contributed by atoms with Crippen molar-refractivity contribution in [3.63, 3.8) is 0 Å². The van der Waals surface area contributed by atoms with Crippen molar-refractivity contribution in [2.24, 2.45) is 0 Å². The average molecular weight is 214 g/mol. The van der Waals surface area contributed by atoms with Crippen LogP contribution >= 0.6 is 0 Å². The summed E-state index contributed by atoms with van der Waals surface area (Å²) in [7, 11) is 0. The first-order valence-corrected chi connectivity index (χ1v) is 4.94. The number of H-pyrrole nitrogens is 1. The van der Waals surface area contributed by atoms with Crippen LogP contribution in [0.4, 0.5) is 0 Å². The van der Waals surface area contributed by atoms with Crippen LogP contribution in [0.25, 0.3) is 0 Å². The minimum Gasteiger partial charge on any atom is -0.380 e. The molecule has 0 radical (unpaired) electrons. The summed E-state index contributed by atoms with van der Waals surface area (Å²) in [6.07, 6.45) is 1.58. The molecule has 2 atom stereocenters. The molecule has 7 nitrogen and oxygen atoms in total. The van der Waals surface area contributed by atoms with Gasteiger partial charge in [-0.15, -0.1) is 0 Å². The zero-order valence-corrected chi connectivity index (χ0v) is 8.01. The maximum absolute atomic E-state index is 11.0. The van der Waals surface area contributed by atoms with Crippen molar-refractivity contribution in [3.8, 4) is 0 Å². The second-order valence-corrected chi connectivity index (χ2v) is 4.16. The lowest BCUT2D eigenvalue weighted by Crippen LogP contribution is -2.44. The lowest BCUT2D eigenvalue weighted by Gasteiger charge is -2.31. The van der Waals surface area contributed by atoms with E-state index in [0.717, 1.165) is 5.06 Å². The number of nitrogens with one attached hydrogen (secondary N) is 1. The van der Waals surface area contributed by atoms with Crippen LogP contribution in [-0.4, -0.2) is 33.1 Å². The lowest BCUT2D eigenvalue weighted by molar-refractivity contribution is -0.754. The average Bonchev–Trinajstić information content (AvgIpc) is 2.69. The van der Waals surface area contributed by atoms with Crippen molar-refractivity contribution in [2.45, 2.75) is 30.9 Å². The van der Waals surface area contributed by atoms with E-state index in [4.69, 9.17) is 4.52 Å². The maximum atomic E-state index is 11.0. The summed E-state index contributed by atoms with van der Waals surface area (Å²) in [5.41, 5.74) is -0.604. The highest BCUT2D eigenvalue weighted by atomic mass is 16.6. The number of aromatic amines is 1. The third-order valence-electron chi connectivity index (χ3n) is 3.37. The van der Waals surface area contributed by atoms with Gasteiger partial charge in [-0.05, 0) is 12.8 Å². The van der Waals surface area contributed by atoms with Gasteiger partial charge in [0.25, 0.3) is 0 Å². The number of hydrogen-bond acceptors (Lipinski definition) is 5. The van der Waals surface area contributed by atoms with Crippen molar-refractivity contribution in [2.75, 3.05) is 6.54 Å². The Bertz CT molecular complexity index is 453. The smallest absolute Gasteiger partial charge is 0.367 e. The second kappa shape index (κ2) is 2.69. The van der Waals surface area contributed by atoms with Crippen LogP contribution in [0.1, 0.15) is 24.3 Å². The van der Waals surface area contributed by atoms with Crippen LogP contribution in [0.15, 0.2) is 4.52 Å². The highest BCUT2D eigenvalue weighted by Gasteiger charge is 2.55. The number of rotatable bonds is 0. The molecule has 1 aliphatic heterocycles. The molecular formula is C8H12N3O4+. The number of aromatic nitrogens is 2. The van der Waals surface area contributed by atoms with Crippen LogP contribution in [-0.2, 0) is 12.0 Å². The molecule has 3 rings (SSSR count). The molecular weight excluding hydrogens is 202 g/mol. The quantitative estimate of drug-likeness (QED) is 0.521. The standard InChI is InChI=1S/C8H12N3O4/c12-8-3-4-10(13)6(8)2-1-5-7(8)15-11(14)9-5/h6,12-13H,1-4H2,(H,9,14)/q+1/t6-,8+/m0/s1. The maximum Gasteiger partial charge on any atom is 0.367 e. The highest BCUT2D eigenvalue weighted by Crippen LogP contribution is 2.43. The third-order valence-corrected chi connectivity index (χ3v) is 3.37. The molecule has 0 amide bonds. The molecule has 15 heavy (non-hydrogen) atoms. The van der Waals surface area contributed by atoms with Gasteiger partial charge in [0.1, 0.15) is 10.6 Å². The van der Waals surface area contributed by atoms with E-state index in [1.54, 1.807) is 0 Å². The van der Waals surface area contributed by atoms with Gasteiger partial charge in [0.2, 0.25) is 5.76 Å². The Labute approximate surface area is 84.4 Å². The summed E-state index contributed by atoms with van der Waals surface area (Å²) < 4.78 is 5.13. The van der Waals surface area contributed by atoms with Gasteiger partial charge < -0.3 is 10.3 Å². The molecule has 1 aromatic heterocycles. The SMILES string of the molecule is O=[n+]1[nH]c2c(o1)[C@@]1(O)CCN(O)[C@H]1CC2. The second-order valence-electron chi connectivity index (χ2n) is 4.16. The molecule has 82 valence electrons. The Hall–Kier alpha value is -1.18. The number of aryl methyl sites for hydroxylation is 1. The van der Waals surface area contributed by atoms with Gasteiger partial charge in [-0.1, -0.05) is 5.10 Å². The summed E-state index contributed by atoms with van der Waals surface area (Å²) in [5, 5.41) is 23.5. The van der Waals surface area contributed by atoms with E-state index in [-0.39, 0.29) is 16.5 Å². The summed E-state index contributed by atoms with van der Waals surface area (Å²) in [4.78, 5) is 11.0. The van der Waals surface area contributed by atoms with Crippen LogP contribution in [0.3, 0.4) is 0 Å². The summed E-state index contributed by atoms with van der Waals surface area (Å²) in [5.74, 6) is 0.269. The molecule has 1 saturated heterocycles. The Balaban J connectivity index is 2.15. The predicted molar refractivity (Wildman–Crippen MR) is 45.5 cm³/mol. The third kappa shape index (κ3) is 1.05. The van der Waals surface area contributed by atoms with E-state index in [1.165, 1.54) is 0 Å². The molecule has 1 fully saturated rings. The van der Waals surface area contributed by atoms with Gasteiger partial charge in [-0.25, -0.2) is 0 Å². The molecule has 3 N–H and O–H groups in total. The Morgan fingerprint density at radius 3 is 3.27 bits per heavy atom. The molecule has 2 heterocycles. The van der Waals surface area contributed by atoms with Crippen molar-refractivity contribution in [1.29, 1.82) is 0 Å². The molecule has 0 spiro atoms. The fourth-order valence-electron chi connectivity index (χ4n) is 2.62. The summed E-state index contributed by atoms with van der Waals surface area (Å²) in [6, 6.07) is -0.371. The largest absolute Gasteiger partial charge is 0.380 e. The predicted octanol–water partition coefficient (Wildman–Crippen LogP) is -0.881. The lowest BCUT2D eigenvalue weighted by atomic mass is 9.82. The Morgan fingerprint density at radius 2 is 2.47 bits per heavy atom. The normalized spacial score (nSPS) is 35.2. The minimum atomic E-state index is -1.23. The van der Waals surface area contributed by atoms with E-state index in [1.807, 2.05) is 0 Å². The van der Waals surface area contributed by atoms with Gasteiger partial charge in [0, 0.05) is 13.0 Å².